The Morgan fingerprint density at radius 2 is 1.81 bits per heavy atom. The van der Waals surface area contributed by atoms with Gasteiger partial charge in [-0.1, -0.05) is 6.07 Å². The van der Waals surface area contributed by atoms with Crippen molar-refractivity contribution in [3.05, 3.63) is 54.5 Å². The third-order valence-electron chi connectivity index (χ3n) is 4.13. The van der Waals surface area contributed by atoms with Crippen LogP contribution < -0.4 is 9.47 Å². The number of nitrogens with zero attached hydrogens (tertiary/aromatic N) is 3. The zero-order chi connectivity index (χ0) is 19.0. The Labute approximate surface area is 153 Å². The van der Waals surface area contributed by atoms with E-state index in [1.807, 2.05) is 12.1 Å². The van der Waals surface area contributed by atoms with Crippen molar-refractivity contribution in [1.82, 2.24) is 14.6 Å². The number of hydrogen-bond donors (Lipinski definition) is 1. The topological polar surface area (TPSA) is 95.2 Å². The monoisotopic (exact) mass is 365 g/mol. The van der Waals surface area contributed by atoms with Crippen LogP contribution in [0.4, 0.5) is 0 Å². The highest BCUT2D eigenvalue weighted by atomic mass is 16.5. The van der Waals surface area contributed by atoms with Gasteiger partial charge in [0.25, 0.3) is 0 Å². The summed E-state index contributed by atoms with van der Waals surface area (Å²) in [6, 6.07) is 12.3. The first-order valence-electron chi connectivity index (χ1n) is 8.01. The number of esters is 1. The Kier molecular flexibility index (Phi) is 4.00. The second kappa shape index (κ2) is 6.49. The maximum Gasteiger partial charge on any atom is 0.360 e. The molecule has 2 heterocycles. The van der Waals surface area contributed by atoms with E-state index < -0.39 is 5.97 Å². The molecule has 27 heavy (non-hydrogen) atoms. The number of aromatic nitrogens is 3. The lowest BCUT2D eigenvalue weighted by Crippen LogP contribution is -2.10. The molecule has 8 heteroatoms. The largest absolute Gasteiger partial charge is 0.505 e. The number of carbonyl (C=O) groups is 1. The van der Waals surface area contributed by atoms with Gasteiger partial charge in [-0.15, -0.1) is 0 Å². The van der Waals surface area contributed by atoms with E-state index in [0.717, 1.165) is 0 Å². The van der Waals surface area contributed by atoms with Crippen molar-refractivity contribution < 1.29 is 24.1 Å². The van der Waals surface area contributed by atoms with Gasteiger partial charge in [-0.3, -0.25) is 0 Å². The minimum Gasteiger partial charge on any atom is -0.505 e. The van der Waals surface area contributed by atoms with Gasteiger partial charge < -0.3 is 19.3 Å². The Balaban J connectivity index is 1.86. The van der Waals surface area contributed by atoms with Gasteiger partial charge in [0, 0.05) is 16.8 Å². The fourth-order valence-electron chi connectivity index (χ4n) is 2.88. The molecule has 0 aliphatic carbocycles. The average molecular weight is 365 g/mol. The summed E-state index contributed by atoms with van der Waals surface area (Å²) in [6.07, 6.45) is 1.30. The molecule has 2 aromatic heterocycles. The summed E-state index contributed by atoms with van der Waals surface area (Å²) in [5.74, 6) is 0.866. The fraction of sp³-hybridized carbons (Fsp3) is 0.105. The number of pyridine rings is 1. The molecule has 0 aliphatic heterocycles. The van der Waals surface area contributed by atoms with Crippen LogP contribution in [-0.4, -0.2) is 39.9 Å². The average Bonchev–Trinajstić information content (AvgIpc) is 3.17. The van der Waals surface area contributed by atoms with Crippen molar-refractivity contribution in [3.63, 3.8) is 0 Å². The molecule has 0 saturated carbocycles. The Morgan fingerprint density at radius 3 is 2.59 bits per heavy atom. The smallest absolute Gasteiger partial charge is 0.360 e. The summed E-state index contributed by atoms with van der Waals surface area (Å²) in [7, 11) is 2.82. The molecule has 0 spiro atoms. The van der Waals surface area contributed by atoms with Gasteiger partial charge in [-0.2, -0.15) is 5.10 Å². The molecule has 0 amide bonds. The minimum absolute atomic E-state index is 0.0843. The number of aromatic hydroxyl groups is 1. The van der Waals surface area contributed by atoms with Crippen LogP contribution in [0.25, 0.3) is 16.4 Å². The second-order valence-electron chi connectivity index (χ2n) is 5.67. The van der Waals surface area contributed by atoms with Crippen molar-refractivity contribution in [2.24, 2.45) is 0 Å². The normalized spacial score (nSPS) is 10.9. The lowest BCUT2D eigenvalue weighted by atomic mass is 10.1. The lowest BCUT2D eigenvalue weighted by Gasteiger charge is -2.11. The molecule has 4 rings (SSSR count). The summed E-state index contributed by atoms with van der Waals surface area (Å²) >= 11 is 0. The molecule has 0 aliphatic rings. The quantitative estimate of drug-likeness (QED) is 0.555. The number of methoxy groups -OCH3 is 2. The van der Waals surface area contributed by atoms with Crippen LogP contribution in [-0.2, 0) is 4.74 Å². The van der Waals surface area contributed by atoms with E-state index in [-0.39, 0.29) is 11.4 Å². The van der Waals surface area contributed by atoms with Crippen molar-refractivity contribution in [3.8, 4) is 23.0 Å². The maximum atomic E-state index is 12.1. The van der Waals surface area contributed by atoms with E-state index in [1.54, 1.807) is 37.4 Å². The highest BCUT2D eigenvalue weighted by Gasteiger charge is 2.22. The first-order valence-corrected chi connectivity index (χ1v) is 8.01. The van der Waals surface area contributed by atoms with E-state index in [0.29, 0.717) is 33.7 Å². The molecule has 2 aromatic carbocycles. The molecular formula is C19H15N3O5. The third-order valence-corrected chi connectivity index (χ3v) is 4.13. The van der Waals surface area contributed by atoms with Crippen molar-refractivity contribution in [2.45, 2.75) is 0 Å². The van der Waals surface area contributed by atoms with Gasteiger partial charge >= 0.3 is 5.97 Å². The van der Waals surface area contributed by atoms with Crippen molar-refractivity contribution >= 4 is 22.4 Å². The first kappa shape index (κ1) is 16.6. The summed E-state index contributed by atoms with van der Waals surface area (Å²) in [5.41, 5.74) is 0.318. The zero-order valence-electron chi connectivity index (χ0n) is 14.5. The van der Waals surface area contributed by atoms with Crippen LogP contribution in [0, 0.1) is 0 Å². The molecule has 0 radical (unpaired) electrons. The first-order chi connectivity index (χ1) is 13.1. The van der Waals surface area contributed by atoms with Crippen molar-refractivity contribution in [1.29, 1.82) is 0 Å². The molecule has 0 atom stereocenters. The summed E-state index contributed by atoms with van der Waals surface area (Å²) < 4.78 is 17.1. The van der Waals surface area contributed by atoms with Crippen LogP contribution in [0.5, 0.6) is 23.0 Å². The molecule has 8 nitrogen and oxygen atoms in total. The van der Waals surface area contributed by atoms with Crippen LogP contribution >= 0.6 is 0 Å². The van der Waals surface area contributed by atoms with Crippen LogP contribution in [0.2, 0.25) is 0 Å². The highest BCUT2D eigenvalue weighted by Crippen LogP contribution is 2.35. The SMILES string of the molecule is COC(=O)c1c(O)c2ccc(Oc3cccc(OC)c3)cc2c2ncnn12. The van der Waals surface area contributed by atoms with E-state index in [2.05, 4.69) is 10.1 Å². The molecule has 0 unspecified atom stereocenters. The van der Waals surface area contributed by atoms with E-state index in [9.17, 15) is 9.90 Å². The van der Waals surface area contributed by atoms with Gasteiger partial charge in [0.1, 0.15) is 23.6 Å². The molecule has 0 saturated heterocycles. The molecule has 136 valence electrons. The Bertz CT molecular complexity index is 1170. The maximum absolute atomic E-state index is 12.1. The number of ether oxygens (including phenoxy) is 3. The molecule has 4 aromatic rings. The molecule has 0 fully saturated rings. The number of rotatable bonds is 4. The summed E-state index contributed by atoms with van der Waals surface area (Å²) in [4.78, 5) is 16.2. The van der Waals surface area contributed by atoms with Crippen molar-refractivity contribution in [2.75, 3.05) is 14.2 Å². The van der Waals surface area contributed by atoms with Gasteiger partial charge in [-0.25, -0.2) is 14.3 Å². The second-order valence-corrected chi connectivity index (χ2v) is 5.67. The standard InChI is InChI=1S/C19H15N3O5/c1-25-11-4-3-5-12(8-11)27-13-6-7-14-15(9-13)18-20-10-21-22(18)16(17(14)23)19(24)26-2/h3-10,23H,1-2H3. The Morgan fingerprint density at radius 1 is 1.04 bits per heavy atom. The summed E-state index contributed by atoms with van der Waals surface area (Å²) in [5, 5.41) is 15.6. The molecular weight excluding hydrogens is 350 g/mol. The number of fused-ring (bicyclic) bond motifs is 3. The number of hydrogen-bond acceptors (Lipinski definition) is 7. The summed E-state index contributed by atoms with van der Waals surface area (Å²) in [6.45, 7) is 0. The Hall–Kier alpha value is -3.81. The van der Waals surface area contributed by atoms with Gasteiger partial charge in [0.15, 0.2) is 17.1 Å². The predicted molar refractivity (Wildman–Crippen MR) is 96.6 cm³/mol. The highest BCUT2D eigenvalue weighted by molar-refractivity contribution is 6.05. The van der Waals surface area contributed by atoms with Gasteiger partial charge in [0.2, 0.25) is 0 Å². The van der Waals surface area contributed by atoms with Gasteiger partial charge in [-0.05, 0) is 30.3 Å². The van der Waals surface area contributed by atoms with Crippen LogP contribution in [0.3, 0.4) is 0 Å². The van der Waals surface area contributed by atoms with Gasteiger partial charge in [0.05, 0.1) is 14.2 Å². The molecule has 1 N–H and O–H groups in total. The number of benzene rings is 2. The fourth-order valence-corrected chi connectivity index (χ4v) is 2.88. The number of carbonyl (C=O) groups excluding carboxylic acids is 1. The van der Waals surface area contributed by atoms with E-state index in [4.69, 9.17) is 14.2 Å². The third kappa shape index (κ3) is 2.77. The van der Waals surface area contributed by atoms with Crippen LogP contribution in [0.15, 0.2) is 48.8 Å². The van der Waals surface area contributed by atoms with E-state index in [1.165, 1.54) is 18.0 Å². The molecule has 0 bridgehead atoms. The van der Waals surface area contributed by atoms with E-state index >= 15 is 0 Å². The van der Waals surface area contributed by atoms with Crippen LogP contribution in [0.1, 0.15) is 10.5 Å². The predicted octanol–water partition coefficient (Wildman–Crippen LogP) is 3.18. The lowest BCUT2D eigenvalue weighted by molar-refractivity contribution is 0.0587. The zero-order valence-corrected chi connectivity index (χ0v) is 14.5. The minimum atomic E-state index is -0.707.